The number of hydrogen-bond donors (Lipinski definition) is 1. The lowest BCUT2D eigenvalue weighted by molar-refractivity contribution is -0.144. The Morgan fingerprint density at radius 1 is 1.18 bits per heavy atom. The highest BCUT2D eigenvalue weighted by atomic mass is 35.5. The van der Waals surface area contributed by atoms with Gasteiger partial charge in [0.15, 0.2) is 11.4 Å². The first-order chi connectivity index (χ1) is 20.8. The Kier molecular flexibility index (Phi) is 9.14. The van der Waals surface area contributed by atoms with Gasteiger partial charge >= 0.3 is 0 Å². The van der Waals surface area contributed by atoms with Gasteiger partial charge < -0.3 is 15.1 Å². The second kappa shape index (κ2) is 12.4. The average molecular weight is 624 g/mol. The van der Waals surface area contributed by atoms with Crippen LogP contribution in [0.5, 0.6) is 0 Å². The molecule has 1 N–H and O–H groups in total. The first kappa shape index (κ1) is 32.4. The van der Waals surface area contributed by atoms with Crippen LogP contribution >= 0.6 is 11.6 Å². The highest BCUT2D eigenvalue weighted by Crippen LogP contribution is 2.57. The molecule has 4 aliphatic rings. The van der Waals surface area contributed by atoms with Crippen molar-refractivity contribution < 1.29 is 24.0 Å². The van der Waals surface area contributed by atoms with Gasteiger partial charge in [0.05, 0.1) is 18.3 Å². The summed E-state index contributed by atoms with van der Waals surface area (Å²) in [6.45, 7) is 11.3. The molecule has 2 saturated carbocycles. The first-order valence-electron chi connectivity index (χ1n) is 16.0. The highest BCUT2D eigenvalue weighted by molar-refractivity contribution is 6.31. The molecule has 238 valence electrons. The van der Waals surface area contributed by atoms with E-state index in [0.29, 0.717) is 35.9 Å². The van der Waals surface area contributed by atoms with Gasteiger partial charge in [-0.3, -0.25) is 19.2 Å². The summed E-state index contributed by atoms with van der Waals surface area (Å²) >= 11 is 6.24. The van der Waals surface area contributed by atoms with Crippen molar-refractivity contribution in [3.05, 3.63) is 47.5 Å². The van der Waals surface area contributed by atoms with Crippen LogP contribution in [0.2, 0.25) is 5.02 Å². The fourth-order valence-electron chi connectivity index (χ4n) is 7.50. The fraction of sp³-hybridized carbons (Fsp3) is 0.629. The number of nitrogens with one attached hydrogen (secondary N) is 1. The normalized spacial score (nSPS) is 29.1. The third-order valence-corrected chi connectivity index (χ3v) is 10.5. The van der Waals surface area contributed by atoms with Gasteiger partial charge in [0, 0.05) is 41.7 Å². The van der Waals surface area contributed by atoms with Crippen molar-refractivity contribution in [3.8, 4) is 0 Å². The Balaban J connectivity index is 1.40. The Hall–Kier alpha value is -3.00. The third kappa shape index (κ3) is 6.65. The SMILES string of the molecule is C=C[C@@H]1C[C@]1(CC(=O)[C@@H]1C[C@]2(CC(c3cccc(Cl)c3)=NO2)CN1C(=O)[C@@H](NC(=O)CC1CCCCC1)C(C)(C)C)C(C)=O. The second-order valence-electron chi connectivity index (χ2n) is 14.7. The van der Waals surface area contributed by atoms with Gasteiger partial charge in [0.2, 0.25) is 11.8 Å². The van der Waals surface area contributed by atoms with Crippen molar-refractivity contribution in [1.82, 2.24) is 10.2 Å². The van der Waals surface area contributed by atoms with Gasteiger partial charge in [-0.05, 0) is 55.6 Å². The van der Waals surface area contributed by atoms with Crippen LogP contribution in [0.25, 0.3) is 0 Å². The minimum absolute atomic E-state index is 0.0347. The Bertz CT molecular complexity index is 1360. The van der Waals surface area contributed by atoms with Crippen LogP contribution in [0.1, 0.15) is 97.5 Å². The summed E-state index contributed by atoms with van der Waals surface area (Å²) in [4.78, 5) is 62.2. The van der Waals surface area contributed by atoms with Gasteiger partial charge in [-0.2, -0.15) is 0 Å². The lowest BCUT2D eigenvalue weighted by Gasteiger charge is -2.36. The number of ketones is 2. The van der Waals surface area contributed by atoms with Crippen molar-refractivity contribution in [1.29, 1.82) is 0 Å². The van der Waals surface area contributed by atoms with Crippen molar-refractivity contribution in [2.24, 2.45) is 27.8 Å². The van der Waals surface area contributed by atoms with Crippen LogP contribution in [-0.2, 0) is 24.0 Å². The molecule has 2 aliphatic carbocycles. The largest absolute Gasteiger partial charge is 0.387 e. The van der Waals surface area contributed by atoms with E-state index in [4.69, 9.17) is 16.4 Å². The predicted octanol–water partition coefficient (Wildman–Crippen LogP) is 6.05. The number of likely N-dealkylation sites (tertiary alicyclic amines) is 1. The molecule has 1 spiro atoms. The van der Waals surface area contributed by atoms with Crippen molar-refractivity contribution in [2.45, 2.75) is 110 Å². The zero-order chi connectivity index (χ0) is 31.9. The molecule has 0 aromatic heterocycles. The van der Waals surface area contributed by atoms with Gasteiger partial charge in [0.25, 0.3) is 0 Å². The van der Waals surface area contributed by atoms with E-state index >= 15 is 0 Å². The Labute approximate surface area is 266 Å². The topological polar surface area (TPSA) is 105 Å². The lowest BCUT2D eigenvalue weighted by atomic mass is 9.84. The minimum Gasteiger partial charge on any atom is -0.387 e. The van der Waals surface area contributed by atoms with E-state index in [-0.39, 0.29) is 48.7 Å². The summed E-state index contributed by atoms with van der Waals surface area (Å²) in [5, 5.41) is 8.03. The van der Waals surface area contributed by atoms with Crippen molar-refractivity contribution >= 4 is 40.7 Å². The fourth-order valence-corrected chi connectivity index (χ4v) is 7.69. The maximum Gasteiger partial charge on any atom is 0.246 e. The third-order valence-electron chi connectivity index (χ3n) is 10.3. The maximum atomic E-state index is 14.5. The number of rotatable bonds is 10. The van der Waals surface area contributed by atoms with E-state index in [9.17, 15) is 19.2 Å². The number of carbonyl (C=O) groups is 4. The van der Waals surface area contributed by atoms with E-state index in [1.165, 1.54) is 13.3 Å². The Morgan fingerprint density at radius 2 is 1.91 bits per heavy atom. The number of nitrogens with zero attached hydrogens (tertiary/aromatic N) is 2. The van der Waals surface area contributed by atoms with E-state index < -0.39 is 28.5 Å². The molecule has 0 radical (unpaired) electrons. The molecule has 2 heterocycles. The van der Waals surface area contributed by atoms with Crippen LogP contribution in [0, 0.1) is 22.7 Å². The van der Waals surface area contributed by atoms with Crippen LogP contribution in [0.15, 0.2) is 42.1 Å². The van der Waals surface area contributed by atoms with Gasteiger partial charge in [-0.1, -0.05) is 75.0 Å². The standard InChI is InChI=1S/C35H46ClN3O5/c1-6-25-17-35(25,22(2)40)20-29(41)28-19-34(18-27(38-44-34)24-13-10-14-26(36)16-24)21-39(28)32(43)31(33(3,4)5)37-30(42)15-23-11-8-7-9-12-23/h6,10,13-14,16,23,25,28,31H,1,7-9,11-12,15,17-21H2,2-5H3,(H,37,42)/t25-,28+,31-,34-,35+/m1/s1. The molecule has 1 saturated heterocycles. The summed E-state index contributed by atoms with van der Waals surface area (Å²) < 4.78 is 0. The summed E-state index contributed by atoms with van der Waals surface area (Å²) in [6.07, 6.45) is 8.96. The van der Waals surface area contributed by atoms with E-state index in [1.807, 2.05) is 39.0 Å². The molecule has 9 heteroatoms. The second-order valence-corrected chi connectivity index (χ2v) is 15.1. The summed E-state index contributed by atoms with van der Waals surface area (Å²) in [5.74, 6) is -0.365. The summed E-state index contributed by atoms with van der Waals surface area (Å²) in [5.41, 5.74) is -0.735. The Morgan fingerprint density at radius 3 is 2.52 bits per heavy atom. The molecule has 2 aliphatic heterocycles. The molecule has 2 amide bonds. The molecule has 1 aromatic carbocycles. The monoisotopic (exact) mass is 623 g/mol. The van der Waals surface area contributed by atoms with Crippen LogP contribution < -0.4 is 5.32 Å². The number of carbonyl (C=O) groups excluding carboxylic acids is 4. The number of hydrogen-bond acceptors (Lipinski definition) is 6. The number of oxime groups is 1. The molecule has 1 aromatic rings. The van der Waals surface area contributed by atoms with Crippen molar-refractivity contribution in [2.75, 3.05) is 6.54 Å². The zero-order valence-corrected chi connectivity index (χ0v) is 27.3. The molecular weight excluding hydrogens is 578 g/mol. The smallest absolute Gasteiger partial charge is 0.246 e. The quantitative estimate of drug-likeness (QED) is 0.320. The predicted molar refractivity (Wildman–Crippen MR) is 170 cm³/mol. The van der Waals surface area contributed by atoms with Crippen LogP contribution in [0.3, 0.4) is 0 Å². The molecule has 0 unspecified atom stereocenters. The van der Waals surface area contributed by atoms with Crippen LogP contribution in [-0.4, -0.2) is 58.2 Å². The number of allylic oxidation sites excluding steroid dienone is 1. The number of amides is 2. The maximum absolute atomic E-state index is 14.5. The number of halogens is 1. The number of Topliss-reactive ketones (excluding diaryl/α,β-unsaturated/α-hetero) is 2. The number of benzene rings is 1. The minimum atomic E-state index is -0.896. The molecule has 5 atom stereocenters. The summed E-state index contributed by atoms with van der Waals surface area (Å²) in [7, 11) is 0. The van der Waals surface area contributed by atoms with Crippen LogP contribution in [0.4, 0.5) is 0 Å². The zero-order valence-electron chi connectivity index (χ0n) is 26.5. The molecule has 44 heavy (non-hydrogen) atoms. The molecule has 0 bridgehead atoms. The lowest BCUT2D eigenvalue weighted by Crippen LogP contribution is -2.57. The van der Waals surface area contributed by atoms with Gasteiger partial charge in [0.1, 0.15) is 11.8 Å². The van der Waals surface area contributed by atoms with E-state index in [0.717, 1.165) is 31.2 Å². The van der Waals surface area contributed by atoms with Gasteiger partial charge in [-0.25, -0.2) is 0 Å². The van der Waals surface area contributed by atoms with E-state index in [1.54, 1.807) is 17.0 Å². The van der Waals surface area contributed by atoms with E-state index in [2.05, 4.69) is 17.1 Å². The van der Waals surface area contributed by atoms with Crippen molar-refractivity contribution in [3.63, 3.8) is 0 Å². The molecule has 5 rings (SSSR count). The van der Waals surface area contributed by atoms with Gasteiger partial charge in [-0.15, -0.1) is 6.58 Å². The highest BCUT2D eigenvalue weighted by Gasteiger charge is 2.60. The average Bonchev–Trinajstić information content (AvgIpc) is 3.34. The molecular formula is C35H46ClN3O5. The summed E-state index contributed by atoms with van der Waals surface area (Å²) in [6, 6.07) is 5.72. The molecule has 8 nitrogen and oxygen atoms in total. The first-order valence-corrected chi connectivity index (χ1v) is 16.4. The molecule has 3 fully saturated rings.